The molecule has 32 heavy (non-hydrogen) atoms. The van der Waals surface area contributed by atoms with Crippen LogP contribution >= 0.6 is 0 Å². The van der Waals surface area contributed by atoms with Crippen molar-refractivity contribution in [3.63, 3.8) is 0 Å². The van der Waals surface area contributed by atoms with E-state index in [2.05, 4.69) is 17.0 Å². The molecule has 2 aromatic carbocycles. The van der Waals surface area contributed by atoms with E-state index in [1.807, 2.05) is 63.2 Å². The van der Waals surface area contributed by atoms with Gasteiger partial charge in [-0.2, -0.15) is 0 Å². The van der Waals surface area contributed by atoms with Crippen LogP contribution in [-0.2, 0) is 14.3 Å². The van der Waals surface area contributed by atoms with Gasteiger partial charge in [-0.25, -0.2) is 9.59 Å². The number of fused-ring (bicyclic) bond motifs is 2. The normalized spacial score (nSPS) is 18.7. The van der Waals surface area contributed by atoms with E-state index in [1.165, 1.54) is 7.11 Å². The van der Waals surface area contributed by atoms with Crippen molar-refractivity contribution >= 4 is 23.7 Å². The maximum Gasteiger partial charge on any atom is 0.410 e. The highest BCUT2D eigenvalue weighted by molar-refractivity contribution is 6.22. The molecule has 0 saturated carbocycles. The molecule has 168 valence electrons. The standard InChI is InChI=1S/C26H30N2O4/c1-26(2,3)32-25(30)28-15-13-27(14-16-28)23-19-10-6-5-9-18(19)17-22(24(29)31-4)20-11-7-8-12-21(20)23/h5-12,17,23H,13-16H2,1-4H3. The minimum Gasteiger partial charge on any atom is -0.465 e. The van der Waals surface area contributed by atoms with Crippen LogP contribution in [0, 0.1) is 0 Å². The van der Waals surface area contributed by atoms with Gasteiger partial charge in [-0.3, -0.25) is 4.90 Å². The lowest BCUT2D eigenvalue weighted by atomic mass is 9.91. The van der Waals surface area contributed by atoms with Crippen LogP contribution in [0.4, 0.5) is 4.79 Å². The number of piperazine rings is 1. The summed E-state index contributed by atoms with van der Waals surface area (Å²) < 4.78 is 10.7. The first-order chi connectivity index (χ1) is 15.3. The predicted molar refractivity (Wildman–Crippen MR) is 124 cm³/mol. The van der Waals surface area contributed by atoms with Crippen molar-refractivity contribution in [3.8, 4) is 0 Å². The van der Waals surface area contributed by atoms with Gasteiger partial charge < -0.3 is 14.4 Å². The number of carbonyl (C=O) groups excluding carboxylic acids is 2. The highest BCUT2D eigenvalue weighted by Gasteiger charge is 2.34. The molecule has 6 nitrogen and oxygen atoms in total. The Morgan fingerprint density at radius 1 is 0.906 bits per heavy atom. The zero-order chi connectivity index (χ0) is 22.9. The van der Waals surface area contributed by atoms with Crippen molar-refractivity contribution in [1.29, 1.82) is 0 Å². The molecule has 0 spiro atoms. The quantitative estimate of drug-likeness (QED) is 0.658. The number of amides is 1. The third-order valence-corrected chi connectivity index (χ3v) is 5.87. The molecule has 1 unspecified atom stereocenters. The van der Waals surface area contributed by atoms with E-state index in [-0.39, 0.29) is 18.1 Å². The van der Waals surface area contributed by atoms with Gasteiger partial charge in [-0.05, 0) is 49.1 Å². The van der Waals surface area contributed by atoms with Crippen LogP contribution in [0.15, 0.2) is 48.5 Å². The maximum absolute atomic E-state index is 12.6. The van der Waals surface area contributed by atoms with Crippen molar-refractivity contribution in [3.05, 3.63) is 70.8 Å². The van der Waals surface area contributed by atoms with Crippen molar-refractivity contribution in [2.45, 2.75) is 32.4 Å². The summed E-state index contributed by atoms with van der Waals surface area (Å²) in [4.78, 5) is 29.3. The molecule has 0 bridgehead atoms. The molecule has 1 amide bonds. The predicted octanol–water partition coefficient (Wildman–Crippen LogP) is 4.36. The van der Waals surface area contributed by atoms with Crippen LogP contribution in [0.25, 0.3) is 11.6 Å². The highest BCUT2D eigenvalue weighted by Crippen LogP contribution is 2.40. The van der Waals surface area contributed by atoms with E-state index in [4.69, 9.17) is 9.47 Å². The summed E-state index contributed by atoms with van der Waals surface area (Å²) in [5, 5.41) is 0. The number of carbonyl (C=O) groups is 2. The summed E-state index contributed by atoms with van der Waals surface area (Å²) in [7, 11) is 1.41. The van der Waals surface area contributed by atoms with E-state index in [0.717, 1.165) is 22.3 Å². The summed E-state index contributed by atoms with van der Waals surface area (Å²) in [5.74, 6) is -0.345. The minimum absolute atomic E-state index is 0.0263. The fourth-order valence-corrected chi connectivity index (χ4v) is 4.43. The Balaban J connectivity index is 1.68. The van der Waals surface area contributed by atoms with E-state index in [1.54, 1.807) is 4.90 Å². The number of methoxy groups -OCH3 is 1. The van der Waals surface area contributed by atoms with Crippen LogP contribution in [0.2, 0.25) is 0 Å². The Bertz CT molecular complexity index is 1050. The first kappa shape index (κ1) is 22.1. The summed E-state index contributed by atoms with van der Waals surface area (Å²) in [6.45, 7) is 8.24. The van der Waals surface area contributed by atoms with Gasteiger partial charge in [-0.1, -0.05) is 48.5 Å². The van der Waals surface area contributed by atoms with Gasteiger partial charge >= 0.3 is 12.1 Å². The van der Waals surface area contributed by atoms with E-state index < -0.39 is 5.60 Å². The molecular formula is C26H30N2O4. The van der Waals surface area contributed by atoms with Gasteiger partial charge in [0.15, 0.2) is 0 Å². The monoisotopic (exact) mass is 434 g/mol. The molecule has 0 N–H and O–H groups in total. The Kier molecular flexibility index (Phi) is 6.07. The lowest BCUT2D eigenvalue weighted by Gasteiger charge is -2.40. The van der Waals surface area contributed by atoms with E-state index in [0.29, 0.717) is 31.8 Å². The Labute approximate surface area is 189 Å². The number of hydrogen-bond donors (Lipinski definition) is 0. The molecule has 4 rings (SSSR count). The Hall–Kier alpha value is -3.12. The molecule has 0 radical (unpaired) electrons. The van der Waals surface area contributed by atoms with Crippen LogP contribution < -0.4 is 0 Å². The fraction of sp³-hybridized carbons (Fsp3) is 0.385. The van der Waals surface area contributed by atoms with Gasteiger partial charge in [-0.15, -0.1) is 0 Å². The summed E-state index contributed by atoms with van der Waals surface area (Å²) in [6.07, 6.45) is 1.66. The lowest BCUT2D eigenvalue weighted by Crippen LogP contribution is -2.51. The summed E-state index contributed by atoms with van der Waals surface area (Å²) >= 11 is 0. The van der Waals surface area contributed by atoms with Crippen LogP contribution in [0.5, 0.6) is 0 Å². The van der Waals surface area contributed by atoms with Gasteiger partial charge in [0, 0.05) is 26.2 Å². The first-order valence-corrected chi connectivity index (χ1v) is 11.0. The molecule has 0 aromatic heterocycles. The molecule has 1 fully saturated rings. The molecule has 2 aromatic rings. The minimum atomic E-state index is -0.511. The lowest BCUT2D eigenvalue weighted by molar-refractivity contribution is -0.133. The second kappa shape index (κ2) is 8.79. The van der Waals surface area contributed by atoms with E-state index in [9.17, 15) is 9.59 Å². The average Bonchev–Trinajstić information content (AvgIpc) is 2.92. The third-order valence-electron chi connectivity index (χ3n) is 5.87. The molecule has 2 aliphatic rings. The summed E-state index contributed by atoms with van der Waals surface area (Å²) in [6, 6.07) is 16.2. The molecule has 6 heteroatoms. The third kappa shape index (κ3) is 4.41. The SMILES string of the molecule is COC(=O)C1=Cc2ccccc2C(N2CCN(C(=O)OC(C)(C)C)CC2)c2ccccc21. The van der Waals surface area contributed by atoms with Crippen LogP contribution in [-0.4, -0.2) is 60.8 Å². The van der Waals surface area contributed by atoms with Gasteiger partial charge in [0.25, 0.3) is 0 Å². The van der Waals surface area contributed by atoms with Gasteiger partial charge in [0.1, 0.15) is 5.60 Å². The number of benzene rings is 2. The molecular weight excluding hydrogens is 404 g/mol. The zero-order valence-electron chi connectivity index (χ0n) is 19.1. The fourth-order valence-electron chi connectivity index (χ4n) is 4.43. The zero-order valence-corrected chi connectivity index (χ0v) is 19.1. The second-order valence-electron chi connectivity index (χ2n) is 9.17. The topological polar surface area (TPSA) is 59.1 Å². The molecule has 1 saturated heterocycles. The largest absolute Gasteiger partial charge is 0.465 e. The Morgan fingerprint density at radius 2 is 1.53 bits per heavy atom. The van der Waals surface area contributed by atoms with Crippen molar-refractivity contribution < 1.29 is 19.1 Å². The van der Waals surface area contributed by atoms with Crippen molar-refractivity contribution in [1.82, 2.24) is 9.80 Å². The van der Waals surface area contributed by atoms with Gasteiger partial charge in [0.05, 0.1) is 18.7 Å². The van der Waals surface area contributed by atoms with Crippen molar-refractivity contribution in [2.75, 3.05) is 33.3 Å². The highest BCUT2D eigenvalue weighted by atomic mass is 16.6. The number of ether oxygens (including phenoxy) is 2. The second-order valence-corrected chi connectivity index (χ2v) is 9.17. The van der Waals surface area contributed by atoms with Crippen molar-refractivity contribution in [2.24, 2.45) is 0 Å². The number of esters is 1. The number of nitrogens with zero attached hydrogens (tertiary/aromatic N) is 2. The smallest absolute Gasteiger partial charge is 0.410 e. The number of hydrogen-bond acceptors (Lipinski definition) is 5. The van der Waals surface area contributed by atoms with Gasteiger partial charge in [0.2, 0.25) is 0 Å². The van der Waals surface area contributed by atoms with Crippen LogP contribution in [0.3, 0.4) is 0 Å². The summed E-state index contributed by atoms with van der Waals surface area (Å²) in [5.41, 5.74) is 4.15. The Morgan fingerprint density at radius 3 is 2.19 bits per heavy atom. The molecule has 1 heterocycles. The molecule has 1 aliphatic carbocycles. The molecule has 1 aliphatic heterocycles. The average molecular weight is 435 g/mol. The number of rotatable bonds is 2. The maximum atomic E-state index is 12.6. The van der Waals surface area contributed by atoms with Crippen LogP contribution in [0.1, 0.15) is 49.1 Å². The molecule has 1 atom stereocenters. The van der Waals surface area contributed by atoms with E-state index >= 15 is 0 Å². The first-order valence-electron chi connectivity index (χ1n) is 11.0.